The number of nitrogens with zero attached hydrogens (tertiary/aromatic N) is 3. The summed E-state index contributed by atoms with van der Waals surface area (Å²) in [7, 11) is 0. The first-order valence-electron chi connectivity index (χ1n) is 7.37. The molecule has 0 fully saturated rings. The van der Waals surface area contributed by atoms with Gasteiger partial charge in [-0.1, -0.05) is 0 Å². The Morgan fingerprint density at radius 2 is 2.08 bits per heavy atom. The Kier molecular flexibility index (Phi) is 4.49. The van der Waals surface area contributed by atoms with Gasteiger partial charge in [0.25, 0.3) is 5.56 Å². The number of halogens is 3. The number of anilines is 1. The lowest BCUT2D eigenvalue weighted by Crippen LogP contribution is -2.21. The van der Waals surface area contributed by atoms with Crippen molar-refractivity contribution in [3.8, 4) is 17.6 Å². The molecule has 1 heterocycles. The molecule has 0 bridgehead atoms. The molecule has 2 aromatic carbocycles. The van der Waals surface area contributed by atoms with Gasteiger partial charge in [-0.2, -0.15) is 9.65 Å². The molecule has 0 atom stereocenters. The summed E-state index contributed by atoms with van der Waals surface area (Å²) in [6.07, 6.45) is 1.21. The number of ether oxygens (including phenoxy) is 1. The monoisotopic (exact) mass is 360 g/mol. The highest BCUT2D eigenvalue weighted by molar-refractivity contribution is 5.79. The van der Waals surface area contributed by atoms with Crippen molar-refractivity contribution < 1.29 is 17.9 Å². The van der Waals surface area contributed by atoms with Gasteiger partial charge < -0.3 is 10.5 Å². The number of benzene rings is 2. The van der Waals surface area contributed by atoms with E-state index >= 15 is 0 Å². The van der Waals surface area contributed by atoms with Gasteiger partial charge in [-0.25, -0.2) is 13.8 Å². The number of aryl methyl sites for hydroxylation is 1. The fourth-order valence-corrected chi connectivity index (χ4v) is 2.40. The fourth-order valence-electron chi connectivity index (χ4n) is 2.40. The zero-order valence-corrected chi connectivity index (χ0v) is 13.2. The highest BCUT2D eigenvalue weighted by atomic mass is 19.2. The van der Waals surface area contributed by atoms with Crippen molar-refractivity contribution in [2.24, 2.45) is 0 Å². The van der Waals surface area contributed by atoms with Gasteiger partial charge in [0.05, 0.1) is 29.5 Å². The van der Waals surface area contributed by atoms with Crippen LogP contribution in [0.5, 0.6) is 11.5 Å². The van der Waals surface area contributed by atoms with E-state index in [2.05, 4.69) is 4.98 Å². The minimum atomic E-state index is -1.38. The molecule has 132 valence electrons. The van der Waals surface area contributed by atoms with Crippen LogP contribution >= 0.6 is 0 Å². The number of fused-ring (bicyclic) bond motifs is 1. The summed E-state index contributed by atoms with van der Waals surface area (Å²) in [6.45, 7) is -0.914. The second kappa shape index (κ2) is 6.76. The van der Waals surface area contributed by atoms with E-state index in [-0.39, 0.29) is 28.9 Å². The molecule has 0 amide bonds. The minimum absolute atomic E-state index is 0.0326. The quantitative estimate of drug-likeness (QED) is 0.722. The van der Waals surface area contributed by atoms with Gasteiger partial charge in [-0.05, 0) is 18.2 Å². The van der Waals surface area contributed by atoms with Crippen LogP contribution in [0.15, 0.2) is 35.4 Å². The molecular weight excluding hydrogens is 349 g/mol. The summed E-state index contributed by atoms with van der Waals surface area (Å²) in [5.41, 5.74) is 4.66. The number of rotatable bonds is 4. The number of nitrogen functional groups attached to an aromatic ring is 1. The van der Waals surface area contributed by atoms with Crippen molar-refractivity contribution in [1.82, 2.24) is 9.55 Å². The van der Waals surface area contributed by atoms with Gasteiger partial charge in [0.2, 0.25) is 5.82 Å². The Bertz CT molecular complexity index is 1110. The third-order valence-corrected chi connectivity index (χ3v) is 3.66. The van der Waals surface area contributed by atoms with E-state index in [4.69, 9.17) is 15.7 Å². The lowest BCUT2D eigenvalue weighted by Gasteiger charge is -2.11. The first kappa shape index (κ1) is 17.3. The lowest BCUT2D eigenvalue weighted by atomic mass is 10.1. The highest BCUT2D eigenvalue weighted by Gasteiger charge is 2.20. The van der Waals surface area contributed by atoms with Gasteiger partial charge in [0.1, 0.15) is 24.1 Å². The number of nitrogens with two attached hydrogens (primary N) is 1. The second-order valence-electron chi connectivity index (χ2n) is 5.29. The van der Waals surface area contributed by atoms with E-state index in [0.29, 0.717) is 11.6 Å². The SMILES string of the molecule is N#Cc1c(N)cc(F)c(F)c1Oc1ccc2ncn(CCF)c(=O)c2c1. The topological polar surface area (TPSA) is 93.9 Å². The molecule has 3 aromatic rings. The van der Waals surface area contributed by atoms with E-state index in [1.54, 1.807) is 6.07 Å². The molecule has 0 radical (unpaired) electrons. The van der Waals surface area contributed by atoms with Crippen LogP contribution in [0.3, 0.4) is 0 Å². The Hall–Kier alpha value is -3.54. The number of hydrogen-bond donors (Lipinski definition) is 1. The van der Waals surface area contributed by atoms with E-state index < -0.39 is 29.6 Å². The van der Waals surface area contributed by atoms with Crippen LogP contribution in [0.25, 0.3) is 10.9 Å². The largest absolute Gasteiger partial charge is 0.453 e. The van der Waals surface area contributed by atoms with Crippen molar-refractivity contribution in [3.63, 3.8) is 0 Å². The van der Waals surface area contributed by atoms with Gasteiger partial charge in [0.15, 0.2) is 11.6 Å². The maximum Gasteiger partial charge on any atom is 0.261 e. The van der Waals surface area contributed by atoms with Gasteiger partial charge in [-0.15, -0.1) is 0 Å². The van der Waals surface area contributed by atoms with Gasteiger partial charge in [0, 0.05) is 6.07 Å². The van der Waals surface area contributed by atoms with Crippen molar-refractivity contribution in [2.75, 3.05) is 12.4 Å². The minimum Gasteiger partial charge on any atom is -0.453 e. The maximum absolute atomic E-state index is 14.0. The molecule has 0 saturated carbocycles. The molecule has 0 unspecified atom stereocenters. The third kappa shape index (κ3) is 2.93. The van der Waals surface area contributed by atoms with Crippen LogP contribution < -0.4 is 16.0 Å². The summed E-state index contributed by atoms with van der Waals surface area (Å²) in [4.78, 5) is 16.3. The number of alkyl halides is 1. The molecule has 9 heteroatoms. The fraction of sp³-hybridized carbons (Fsp3) is 0.118. The number of hydrogen-bond acceptors (Lipinski definition) is 5. The summed E-state index contributed by atoms with van der Waals surface area (Å²) >= 11 is 0. The van der Waals surface area contributed by atoms with Crippen molar-refractivity contribution in [1.29, 1.82) is 5.26 Å². The predicted octanol–water partition coefficient (Wildman–Crippen LogP) is 2.89. The van der Waals surface area contributed by atoms with Crippen LogP contribution in [-0.2, 0) is 6.54 Å². The zero-order chi connectivity index (χ0) is 18.8. The molecule has 26 heavy (non-hydrogen) atoms. The van der Waals surface area contributed by atoms with Crippen molar-refractivity contribution in [2.45, 2.75) is 6.54 Å². The van der Waals surface area contributed by atoms with Crippen LogP contribution in [0, 0.1) is 23.0 Å². The van der Waals surface area contributed by atoms with Gasteiger partial charge in [-0.3, -0.25) is 9.36 Å². The Labute approximate surface area is 144 Å². The molecule has 6 nitrogen and oxygen atoms in total. The van der Waals surface area contributed by atoms with E-state index in [0.717, 1.165) is 4.57 Å². The van der Waals surface area contributed by atoms with Gasteiger partial charge >= 0.3 is 0 Å². The van der Waals surface area contributed by atoms with Crippen molar-refractivity contribution in [3.05, 3.63) is 58.1 Å². The summed E-state index contributed by atoms with van der Waals surface area (Å²) in [5, 5.41) is 9.20. The summed E-state index contributed by atoms with van der Waals surface area (Å²) in [5.74, 6) is -3.37. The Balaban J connectivity index is 2.12. The molecule has 3 rings (SSSR count). The number of nitriles is 1. The predicted molar refractivity (Wildman–Crippen MR) is 87.5 cm³/mol. The van der Waals surface area contributed by atoms with E-state index in [1.807, 2.05) is 0 Å². The van der Waals surface area contributed by atoms with Crippen LogP contribution in [0.1, 0.15) is 5.56 Å². The highest BCUT2D eigenvalue weighted by Crippen LogP contribution is 2.34. The van der Waals surface area contributed by atoms with E-state index in [9.17, 15) is 18.0 Å². The Morgan fingerprint density at radius 1 is 1.31 bits per heavy atom. The smallest absolute Gasteiger partial charge is 0.261 e. The average Bonchev–Trinajstić information content (AvgIpc) is 2.62. The molecule has 0 saturated heterocycles. The molecular formula is C17H11F3N4O2. The molecule has 0 spiro atoms. The number of aromatic nitrogens is 2. The maximum atomic E-state index is 14.0. The first-order chi connectivity index (χ1) is 12.5. The van der Waals surface area contributed by atoms with E-state index in [1.165, 1.54) is 24.5 Å². The third-order valence-electron chi connectivity index (χ3n) is 3.66. The second-order valence-corrected chi connectivity index (χ2v) is 5.29. The molecule has 0 aliphatic heterocycles. The molecule has 1 aromatic heterocycles. The Morgan fingerprint density at radius 3 is 2.77 bits per heavy atom. The summed E-state index contributed by atoms with van der Waals surface area (Å²) < 4.78 is 46.5. The van der Waals surface area contributed by atoms with Crippen LogP contribution in [-0.4, -0.2) is 16.2 Å². The normalized spacial score (nSPS) is 10.7. The average molecular weight is 360 g/mol. The molecule has 0 aliphatic carbocycles. The molecule has 2 N–H and O–H groups in total. The van der Waals surface area contributed by atoms with Crippen LogP contribution in [0.2, 0.25) is 0 Å². The summed E-state index contributed by atoms with van der Waals surface area (Å²) in [6, 6.07) is 6.38. The van der Waals surface area contributed by atoms with Crippen molar-refractivity contribution >= 4 is 16.6 Å². The zero-order valence-electron chi connectivity index (χ0n) is 13.2. The lowest BCUT2D eigenvalue weighted by molar-refractivity contribution is 0.415. The standard InChI is InChI=1S/C17H11F3N4O2/c18-3-4-24-8-23-14-2-1-9(5-10(14)17(24)25)26-16-11(7-21)13(22)6-12(19)15(16)20/h1-2,5-6,8H,3-4,22H2. The molecule has 0 aliphatic rings. The first-order valence-corrected chi connectivity index (χ1v) is 7.37. The van der Waals surface area contributed by atoms with Crippen LogP contribution in [0.4, 0.5) is 18.9 Å².